The lowest BCUT2D eigenvalue weighted by atomic mass is 10.1. The Bertz CT molecular complexity index is 272. The summed E-state index contributed by atoms with van der Waals surface area (Å²) in [4.78, 5) is 11.0. The molecule has 0 spiro atoms. The van der Waals surface area contributed by atoms with Crippen LogP contribution in [-0.2, 0) is 4.79 Å². The highest BCUT2D eigenvalue weighted by Gasteiger charge is 2.61. The topological polar surface area (TPSA) is 49.3 Å². The van der Waals surface area contributed by atoms with E-state index in [0.29, 0.717) is 0 Å². The van der Waals surface area contributed by atoms with E-state index in [4.69, 9.17) is 5.11 Å². The lowest BCUT2D eigenvalue weighted by molar-refractivity contribution is -0.274. The van der Waals surface area contributed by atoms with E-state index < -0.39 is 36.3 Å². The maximum absolute atomic E-state index is 12.1. The molecule has 18 heavy (non-hydrogen) atoms. The van der Waals surface area contributed by atoms with E-state index >= 15 is 0 Å². The van der Waals surface area contributed by atoms with E-state index in [1.165, 1.54) is 13.8 Å². The Hall–Kier alpha value is -0.990. The molecule has 0 aromatic heterocycles. The minimum absolute atomic E-state index is 0.145. The zero-order valence-corrected chi connectivity index (χ0v) is 9.56. The zero-order chi connectivity index (χ0) is 14.7. The van der Waals surface area contributed by atoms with Crippen molar-refractivity contribution in [3.8, 4) is 0 Å². The summed E-state index contributed by atoms with van der Waals surface area (Å²) >= 11 is 0. The van der Waals surface area contributed by atoms with E-state index in [0.717, 1.165) is 0 Å². The van der Waals surface area contributed by atoms with E-state index in [-0.39, 0.29) is 6.42 Å². The van der Waals surface area contributed by atoms with Gasteiger partial charge in [-0.3, -0.25) is 4.79 Å². The fourth-order valence-corrected chi connectivity index (χ4v) is 1.38. The second-order valence-electron chi connectivity index (χ2n) is 4.01. The van der Waals surface area contributed by atoms with Crippen molar-refractivity contribution in [2.24, 2.45) is 5.92 Å². The van der Waals surface area contributed by atoms with Gasteiger partial charge in [0.25, 0.3) is 0 Å². The Kier molecular flexibility index (Phi) is 5.45. The van der Waals surface area contributed by atoms with Gasteiger partial charge in [-0.25, -0.2) is 0 Å². The third-order valence-corrected chi connectivity index (χ3v) is 2.00. The molecule has 0 aliphatic rings. The summed E-state index contributed by atoms with van der Waals surface area (Å²) in [6, 6.07) is -0.996. The molecule has 9 heteroatoms. The molecule has 0 bridgehead atoms. The van der Waals surface area contributed by atoms with Crippen LogP contribution in [-0.4, -0.2) is 35.5 Å². The summed E-state index contributed by atoms with van der Waals surface area (Å²) in [7, 11) is 0. The fraction of sp³-hybridized carbons (Fsp3) is 0.889. The molecule has 0 saturated heterocycles. The Morgan fingerprint density at radius 1 is 1.11 bits per heavy atom. The molecular formula is C9H13F6NO2. The van der Waals surface area contributed by atoms with Crippen LogP contribution in [0, 0.1) is 5.92 Å². The predicted octanol–water partition coefficient (Wildman–Crippen LogP) is 2.00. The number of carbonyl (C=O) groups excluding carboxylic acids is 1. The molecule has 0 aromatic rings. The van der Waals surface area contributed by atoms with Crippen LogP contribution in [0.25, 0.3) is 0 Å². The smallest absolute Gasteiger partial charge is 0.393 e. The third kappa shape index (κ3) is 5.56. The zero-order valence-electron chi connectivity index (χ0n) is 9.56. The van der Waals surface area contributed by atoms with Gasteiger partial charge in [0.2, 0.25) is 11.8 Å². The largest absolute Gasteiger partial charge is 0.409 e. The molecule has 0 heterocycles. The molecule has 0 aliphatic carbocycles. The first-order chi connectivity index (χ1) is 7.85. The molecule has 0 radical (unpaired) electrons. The predicted molar refractivity (Wildman–Crippen MR) is 49.5 cm³/mol. The third-order valence-electron chi connectivity index (χ3n) is 2.00. The van der Waals surface area contributed by atoms with Crippen LogP contribution >= 0.6 is 0 Å². The van der Waals surface area contributed by atoms with Gasteiger partial charge in [0, 0.05) is 6.04 Å². The summed E-state index contributed by atoms with van der Waals surface area (Å²) in [5, 5.41) is 10.5. The summed E-state index contributed by atoms with van der Waals surface area (Å²) in [5.41, 5.74) is 0. The molecule has 0 fully saturated rings. The van der Waals surface area contributed by atoms with Crippen LogP contribution in [0.2, 0.25) is 0 Å². The quantitative estimate of drug-likeness (QED) is 0.774. The van der Waals surface area contributed by atoms with Crippen molar-refractivity contribution in [2.75, 3.05) is 0 Å². The number of hydrogen-bond acceptors (Lipinski definition) is 2. The molecule has 2 atom stereocenters. The first-order valence-electron chi connectivity index (χ1n) is 4.97. The Labute approximate surface area is 99.2 Å². The number of aliphatic hydroxyl groups excluding tert-OH is 1. The van der Waals surface area contributed by atoms with Crippen molar-refractivity contribution >= 4 is 5.91 Å². The Morgan fingerprint density at radius 2 is 1.50 bits per heavy atom. The van der Waals surface area contributed by atoms with Crippen molar-refractivity contribution in [1.82, 2.24) is 5.32 Å². The molecule has 3 nitrogen and oxygen atoms in total. The maximum atomic E-state index is 12.1. The van der Waals surface area contributed by atoms with Gasteiger partial charge >= 0.3 is 12.4 Å². The van der Waals surface area contributed by atoms with Gasteiger partial charge in [-0.05, 0) is 20.3 Å². The summed E-state index contributed by atoms with van der Waals surface area (Å²) in [6.07, 6.45) is -12.5. The molecule has 0 aliphatic heterocycles. The summed E-state index contributed by atoms with van der Waals surface area (Å²) < 4.78 is 72.9. The van der Waals surface area contributed by atoms with Crippen LogP contribution in [0.4, 0.5) is 26.3 Å². The molecule has 0 aromatic carbocycles. The average Bonchev–Trinajstić information content (AvgIpc) is 1.93. The molecule has 2 N–H and O–H groups in total. The van der Waals surface area contributed by atoms with Crippen LogP contribution in [0.5, 0.6) is 0 Å². The van der Waals surface area contributed by atoms with E-state index in [1.807, 2.05) is 0 Å². The summed E-state index contributed by atoms with van der Waals surface area (Å²) in [6.45, 7) is 2.50. The van der Waals surface area contributed by atoms with Crippen LogP contribution in [0.1, 0.15) is 20.3 Å². The molecule has 0 rings (SSSR count). The van der Waals surface area contributed by atoms with Crippen molar-refractivity contribution in [3.63, 3.8) is 0 Å². The van der Waals surface area contributed by atoms with Crippen LogP contribution in [0.3, 0.4) is 0 Å². The van der Waals surface area contributed by atoms with Gasteiger partial charge in [-0.2, -0.15) is 26.3 Å². The lowest BCUT2D eigenvalue weighted by Crippen LogP contribution is -2.50. The SMILES string of the molecule is CC(O)CC(C)NC(=O)C(C(F)(F)F)C(F)(F)F. The lowest BCUT2D eigenvalue weighted by Gasteiger charge is -2.24. The minimum Gasteiger partial charge on any atom is -0.393 e. The number of halogens is 6. The monoisotopic (exact) mass is 281 g/mol. The molecule has 0 saturated carbocycles. The Balaban J connectivity index is 4.80. The number of amides is 1. The summed E-state index contributed by atoms with van der Waals surface area (Å²) in [5.74, 6) is -6.22. The number of nitrogens with one attached hydrogen (secondary N) is 1. The molecule has 1 amide bonds. The number of carbonyl (C=O) groups is 1. The fourth-order valence-electron chi connectivity index (χ4n) is 1.38. The number of aliphatic hydroxyl groups is 1. The first-order valence-corrected chi connectivity index (χ1v) is 4.97. The highest BCUT2D eigenvalue weighted by Crippen LogP contribution is 2.39. The number of rotatable bonds is 4. The van der Waals surface area contributed by atoms with Crippen molar-refractivity contribution < 1.29 is 36.2 Å². The van der Waals surface area contributed by atoms with Gasteiger partial charge in [0.1, 0.15) is 0 Å². The van der Waals surface area contributed by atoms with Gasteiger partial charge in [0.05, 0.1) is 6.10 Å². The van der Waals surface area contributed by atoms with Crippen molar-refractivity contribution in [3.05, 3.63) is 0 Å². The first kappa shape index (κ1) is 17.0. The van der Waals surface area contributed by atoms with Crippen molar-refractivity contribution in [2.45, 2.75) is 44.8 Å². The van der Waals surface area contributed by atoms with E-state index in [1.54, 1.807) is 5.32 Å². The molecule has 108 valence electrons. The van der Waals surface area contributed by atoms with Crippen molar-refractivity contribution in [1.29, 1.82) is 0 Å². The van der Waals surface area contributed by atoms with Gasteiger partial charge < -0.3 is 10.4 Å². The average molecular weight is 281 g/mol. The normalized spacial score (nSPS) is 16.6. The minimum atomic E-state index is -5.70. The maximum Gasteiger partial charge on any atom is 0.409 e. The second-order valence-corrected chi connectivity index (χ2v) is 4.01. The Morgan fingerprint density at radius 3 is 1.78 bits per heavy atom. The second kappa shape index (κ2) is 5.77. The van der Waals surface area contributed by atoms with E-state index in [9.17, 15) is 31.1 Å². The van der Waals surface area contributed by atoms with Gasteiger partial charge in [-0.1, -0.05) is 0 Å². The van der Waals surface area contributed by atoms with Crippen LogP contribution < -0.4 is 5.32 Å². The standard InChI is InChI=1S/C9H13F6NO2/c1-4(3-5(2)17)16-7(18)6(8(10,11)12)9(13,14)15/h4-6,17H,3H2,1-2H3,(H,16,18). The van der Waals surface area contributed by atoms with Gasteiger partial charge in [-0.15, -0.1) is 0 Å². The van der Waals surface area contributed by atoms with E-state index in [2.05, 4.69) is 0 Å². The number of hydrogen-bond donors (Lipinski definition) is 2. The highest BCUT2D eigenvalue weighted by molar-refractivity contribution is 5.80. The highest BCUT2D eigenvalue weighted by atomic mass is 19.4. The van der Waals surface area contributed by atoms with Crippen LogP contribution in [0.15, 0.2) is 0 Å². The number of alkyl halides is 6. The molecular weight excluding hydrogens is 268 g/mol. The van der Waals surface area contributed by atoms with Gasteiger partial charge in [0.15, 0.2) is 0 Å². The molecule has 2 unspecified atom stereocenters.